The number of rotatable bonds is 4. The molecule has 5 heteroatoms. The fraction of sp³-hybridized carbons (Fsp3) is 0.118. The van der Waals surface area contributed by atoms with Crippen molar-refractivity contribution in [3.8, 4) is 28.5 Å². The summed E-state index contributed by atoms with van der Waals surface area (Å²) in [5.74, 6) is 0.994. The number of hydrogen-bond donors (Lipinski definition) is 0. The second-order valence-corrected chi connectivity index (χ2v) is 5.03. The minimum Gasteiger partial charge on any atom is -0.476 e. The van der Waals surface area contributed by atoms with Crippen LogP contribution in [0.25, 0.3) is 22.6 Å². The Hall–Kier alpha value is -2.46. The molecule has 0 amide bonds. The fourth-order valence-electron chi connectivity index (χ4n) is 2.05. The van der Waals surface area contributed by atoms with E-state index >= 15 is 0 Å². The molecule has 0 N–H and O–H groups in total. The Balaban J connectivity index is 2.05. The maximum atomic E-state index is 5.90. The lowest BCUT2D eigenvalue weighted by molar-refractivity contribution is 0.326. The average molecular weight is 312 g/mol. The van der Waals surface area contributed by atoms with Crippen molar-refractivity contribution in [1.82, 2.24) is 15.2 Å². The van der Waals surface area contributed by atoms with Gasteiger partial charge in [0.2, 0.25) is 5.88 Å². The summed E-state index contributed by atoms with van der Waals surface area (Å²) in [6.07, 6.45) is 0. The molecule has 0 fully saturated rings. The normalized spacial score (nSPS) is 10.5. The number of aromatic nitrogens is 3. The van der Waals surface area contributed by atoms with E-state index in [9.17, 15) is 0 Å². The summed E-state index contributed by atoms with van der Waals surface area (Å²) in [5, 5.41) is 9.18. The highest BCUT2D eigenvalue weighted by Gasteiger charge is 2.13. The Morgan fingerprint density at radius 1 is 0.909 bits per heavy atom. The zero-order valence-electron chi connectivity index (χ0n) is 12.0. The second-order valence-electron chi connectivity index (χ2n) is 4.60. The van der Waals surface area contributed by atoms with Gasteiger partial charge in [-0.15, -0.1) is 10.2 Å². The minimum absolute atomic E-state index is 0.480. The van der Waals surface area contributed by atoms with E-state index in [1.165, 1.54) is 0 Å². The van der Waals surface area contributed by atoms with E-state index in [-0.39, 0.29) is 0 Å². The topological polar surface area (TPSA) is 47.9 Å². The van der Waals surface area contributed by atoms with Gasteiger partial charge in [-0.3, -0.25) is 0 Å². The van der Waals surface area contributed by atoms with Gasteiger partial charge in [0, 0.05) is 16.1 Å². The monoisotopic (exact) mass is 311 g/mol. The van der Waals surface area contributed by atoms with Crippen LogP contribution in [0.3, 0.4) is 0 Å². The molecular formula is C17H14ClN3O. The lowest BCUT2D eigenvalue weighted by Crippen LogP contribution is -2.03. The summed E-state index contributed by atoms with van der Waals surface area (Å²) in [6.45, 7) is 2.43. The molecule has 0 radical (unpaired) electrons. The van der Waals surface area contributed by atoms with Crippen LogP contribution < -0.4 is 4.74 Å². The van der Waals surface area contributed by atoms with Crippen LogP contribution in [0.1, 0.15) is 6.92 Å². The summed E-state index contributed by atoms with van der Waals surface area (Å²) in [6, 6.07) is 17.1. The maximum Gasteiger partial charge on any atom is 0.244 e. The van der Waals surface area contributed by atoms with Crippen molar-refractivity contribution in [3.63, 3.8) is 0 Å². The second kappa shape index (κ2) is 6.54. The number of nitrogens with zero attached hydrogens (tertiary/aromatic N) is 3. The minimum atomic E-state index is 0.480. The van der Waals surface area contributed by atoms with Crippen molar-refractivity contribution < 1.29 is 4.74 Å². The summed E-state index contributed by atoms with van der Waals surface area (Å²) in [5.41, 5.74) is 2.41. The highest BCUT2D eigenvalue weighted by molar-refractivity contribution is 6.30. The average Bonchev–Trinajstić information content (AvgIpc) is 2.57. The van der Waals surface area contributed by atoms with Gasteiger partial charge in [-0.2, -0.15) is 4.98 Å². The molecule has 0 spiro atoms. The van der Waals surface area contributed by atoms with Crippen molar-refractivity contribution >= 4 is 11.6 Å². The highest BCUT2D eigenvalue weighted by atomic mass is 35.5. The summed E-state index contributed by atoms with van der Waals surface area (Å²) >= 11 is 5.90. The van der Waals surface area contributed by atoms with Crippen molar-refractivity contribution in [1.29, 1.82) is 0 Å². The van der Waals surface area contributed by atoms with E-state index in [1.807, 2.05) is 49.4 Å². The van der Waals surface area contributed by atoms with Crippen LogP contribution in [-0.2, 0) is 0 Å². The van der Waals surface area contributed by atoms with Gasteiger partial charge < -0.3 is 4.74 Å². The van der Waals surface area contributed by atoms with Crippen molar-refractivity contribution in [2.24, 2.45) is 0 Å². The third-order valence-electron chi connectivity index (χ3n) is 3.09. The zero-order chi connectivity index (χ0) is 15.4. The van der Waals surface area contributed by atoms with E-state index in [4.69, 9.17) is 16.3 Å². The first-order valence-corrected chi connectivity index (χ1v) is 7.34. The zero-order valence-corrected chi connectivity index (χ0v) is 12.8. The van der Waals surface area contributed by atoms with Gasteiger partial charge in [0.05, 0.1) is 6.61 Å². The molecule has 4 nitrogen and oxygen atoms in total. The molecule has 22 heavy (non-hydrogen) atoms. The van der Waals surface area contributed by atoms with E-state index in [0.29, 0.717) is 29.0 Å². The SMILES string of the molecule is CCOc1nc(-c2ccc(Cl)cc2)nnc1-c1ccccc1. The predicted molar refractivity (Wildman–Crippen MR) is 86.9 cm³/mol. The van der Waals surface area contributed by atoms with Crippen molar-refractivity contribution in [2.45, 2.75) is 6.92 Å². The fourth-order valence-corrected chi connectivity index (χ4v) is 2.17. The number of halogens is 1. The number of ether oxygens (including phenoxy) is 1. The quantitative estimate of drug-likeness (QED) is 0.722. The molecule has 0 saturated carbocycles. The summed E-state index contributed by atoms with van der Waals surface area (Å²) in [4.78, 5) is 4.50. The predicted octanol–water partition coefficient (Wildman–Crippen LogP) is 4.26. The number of benzene rings is 2. The first-order valence-electron chi connectivity index (χ1n) is 6.97. The Morgan fingerprint density at radius 2 is 1.64 bits per heavy atom. The first-order chi connectivity index (χ1) is 10.8. The standard InChI is InChI=1S/C17H14ClN3O/c1-2-22-17-15(12-6-4-3-5-7-12)20-21-16(19-17)13-8-10-14(18)11-9-13/h3-11H,2H2,1H3. The largest absolute Gasteiger partial charge is 0.476 e. The van der Waals surface area contributed by atoms with Crippen molar-refractivity contribution in [3.05, 3.63) is 59.6 Å². The smallest absolute Gasteiger partial charge is 0.244 e. The molecule has 3 rings (SSSR count). The van der Waals surface area contributed by atoms with E-state index in [0.717, 1.165) is 11.1 Å². The van der Waals surface area contributed by atoms with Gasteiger partial charge in [-0.1, -0.05) is 41.9 Å². The third kappa shape index (κ3) is 3.07. The van der Waals surface area contributed by atoms with E-state index < -0.39 is 0 Å². The van der Waals surface area contributed by atoms with E-state index in [2.05, 4.69) is 15.2 Å². The molecular weight excluding hydrogens is 298 g/mol. The molecule has 1 aromatic heterocycles. The molecule has 0 aliphatic carbocycles. The Bertz CT molecular complexity index is 761. The molecule has 3 aromatic rings. The van der Waals surface area contributed by atoms with Crippen LogP contribution in [0, 0.1) is 0 Å². The van der Waals surface area contributed by atoms with Crippen molar-refractivity contribution in [2.75, 3.05) is 6.61 Å². The first kappa shape index (κ1) is 14.5. The molecule has 0 bridgehead atoms. The van der Waals surface area contributed by atoms with Gasteiger partial charge in [-0.25, -0.2) is 0 Å². The van der Waals surface area contributed by atoms with Crippen LogP contribution in [-0.4, -0.2) is 21.8 Å². The molecule has 0 saturated heterocycles. The molecule has 0 atom stereocenters. The Morgan fingerprint density at radius 3 is 2.32 bits per heavy atom. The third-order valence-corrected chi connectivity index (χ3v) is 3.34. The van der Waals surface area contributed by atoms with Gasteiger partial charge in [-0.05, 0) is 31.2 Å². The van der Waals surface area contributed by atoms with Gasteiger partial charge in [0.15, 0.2) is 11.5 Å². The lowest BCUT2D eigenvalue weighted by Gasteiger charge is -2.09. The number of hydrogen-bond acceptors (Lipinski definition) is 4. The van der Waals surface area contributed by atoms with Crippen LogP contribution in [0.5, 0.6) is 5.88 Å². The lowest BCUT2D eigenvalue weighted by atomic mass is 10.1. The van der Waals surface area contributed by atoms with Gasteiger partial charge in [0.1, 0.15) is 0 Å². The molecule has 1 heterocycles. The Labute approximate surface area is 133 Å². The molecule has 0 aliphatic heterocycles. The summed E-state index contributed by atoms with van der Waals surface area (Å²) < 4.78 is 5.64. The Kier molecular flexibility index (Phi) is 4.30. The van der Waals surface area contributed by atoms with Crippen LogP contribution in [0.4, 0.5) is 0 Å². The van der Waals surface area contributed by atoms with E-state index in [1.54, 1.807) is 12.1 Å². The molecule has 0 unspecified atom stereocenters. The maximum absolute atomic E-state index is 5.90. The van der Waals surface area contributed by atoms with Crippen LogP contribution >= 0.6 is 11.6 Å². The highest BCUT2D eigenvalue weighted by Crippen LogP contribution is 2.27. The molecule has 110 valence electrons. The van der Waals surface area contributed by atoms with Crippen LogP contribution in [0.15, 0.2) is 54.6 Å². The molecule has 2 aromatic carbocycles. The summed E-state index contributed by atoms with van der Waals surface area (Å²) in [7, 11) is 0. The molecule has 0 aliphatic rings. The van der Waals surface area contributed by atoms with Gasteiger partial charge in [0.25, 0.3) is 0 Å². The van der Waals surface area contributed by atoms with Gasteiger partial charge >= 0.3 is 0 Å². The van der Waals surface area contributed by atoms with Crippen LogP contribution in [0.2, 0.25) is 5.02 Å².